The van der Waals surface area contributed by atoms with Crippen LogP contribution in [-0.2, 0) is 9.53 Å². The van der Waals surface area contributed by atoms with Gasteiger partial charge in [0.25, 0.3) is 0 Å². The third-order valence-corrected chi connectivity index (χ3v) is 10.8. The molecule has 4 aliphatic rings. The first kappa shape index (κ1) is 25.2. The third-order valence-electron chi connectivity index (χ3n) is 10.8. The number of ether oxygens (including phenoxy) is 1. The molecule has 4 rings (SSSR count). The molecule has 0 spiro atoms. The van der Waals surface area contributed by atoms with Crippen molar-refractivity contribution in [2.24, 2.45) is 40.4 Å². The Morgan fingerprint density at radius 1 is 1.15 bits per heavy atom. The largest absolute Gasteiger partial charge is 0.462 e. The first-order valence-corrected chi connectivity index (χ1v) is 13.6. The molecule has 0 amide bonds. The number of alkyl halides is 2. The minimum absolute atomic E-state index is 0.0533. The Balaban J connectivity index is 1.46. The lowest BCUT2D eigenvalue weighted by molar-refractivity contribution is -0.148. The fraction of sp³-hybridized carbons (Fsp3) is 0.897. The van der Waals surface area contributed by atoms with E-state index in [1.54, 1.807) is 0 Å². The van der Waals surface area contributed by atoms with Crippen LogP contribution in [0, 0.1) is 40.4 Å². The van der Waals surface area contributed by atoms with Crippen molar-refractivity contribution in [3.05, 3.63) is 11.6 Å². The van der Waals surface area contributed by atoms with Gasteiger partial charge in [0.05, 0.1) is 0 Å². The van der Waals surface area contributed by atoms with Crippen molar-refractivity contribution in [1.82, 2.24) is 0 Å². The molecular weight excluding hydrogens is 418 g/mol. The minimum atomic E-state index is -1.74. The van der Waals surface area contributed by atoms with E-state index in [9.17, 15) is 13.6 Å². The summed E-state index contributed by atoms with van der Waals surface area (Å²) >= 11 is 0. The number of hydrogen-bond acceptors (Lipinski definition) is 2. The van der Waals surface area contributed by atoms with Crippen molar-refractivity contribution < 1.29 is 18.3 Å². The van der Waals surface area contributed by atoms with Crippen LogP contribution in [0.2, 0.25) is 0 Å². The third kappa shape index (κ3) is 4.54. The van der Waals surface area contributed by atoms with E-state index in [4.69, 9.17) is 4.74 Å². The maximum atomic E-state index is 14.3. The van der Waals surface area contributed by atoms with Gasteiger partial charge in [-0.15, -0.1) is 0 Å². The highest BCUT2D eigenvalue weighted by molar-refractivity contribution is 5.66. The molecule has 33 heavy (non-hydrogen) atoms. The van der Waals surface area contributed by atoms with Gasteiger partial charge >= 0.3 is 5.97 Å². The Labute approximate surface area is 200 Å². The van der Waals surface area contributed by atoms with Gasteiger partial charge in [0.1, 0.15) is 17.9 Å². The molecule has 0 radical (unpaired) electrons. The van der Waals surface area contributed by atoms with Gasteiger partial charge in [0.2, 0.25) is 0 Å². The number of allylic oxidation sites excluding steroid dienone is 1. The smallest absolute Gasteiger partial charge is 0.302 e. The zero-order valence-corrected chi connectivity index (χ0v) is 21.8. The number of fused-ring (bicyclic) bond motifs is 5. The summed E-state index contributed by atoms with van der Waals surface area (Å²) in [6, 6.07) is 0. The summed E-state index contributed by atoms with van der Waals surface area (Å²) in [6.07, 6.45) is 11.6. The molecule has 0 N–H and O–H groups in total. The second-order valence-corrected chi connectivity index (χ2v) is 13.0. The van der Waals surface area contributed by atoms with E-state index in [0.717, 1.165) is 49.9 Å². The molecule has 5 unspecified atom stereocenters. The summed E-state index contributed by atoms with van der Waals surface area (Å²) in [5.41, 5.74) is 0.374. The monoisotopic (exact) mass is 464 g/mol. The van der Waals surface area contributed by atoms with E-state index in [1.807, 2.05) is 0 Å². The van der Waals surface area contributed by atoms with E-state index in [-0.39, 0.29) is 17.5 Å². The molecule has 0 aromatic rings. The van der Waals surface area contributed by atoms with Gasteiger partial charge in [-0.2, -0.15) is 0 Å². The van der Waals surface area contributed by atoms with Gasteiger partial charge in [-0.25, -0.2) is 8.78 Å². The number of esters is 1. The van der Waals surface area contributed by atoms with Crippen LogP contribution in [0.4, 0.5) is 8.78 Å². The number of rotatable bonds is 6. The molecule has 0 saturated heterocycles. The van der Waals surface area contributed by atoms with Gasteiger partial charge in [0, 0.05) is 13.3 Å². The second kappa shape index (κ2) is 8.94. The highest BCUT2D eigenvalue weighted by atomic mass is 19.2. The summed E-state index contributed by atoms with van der Waals surface area (Å²) in [6.45, 7) is 11.5. The number of carbonyl (C=O) groups excluding carboxylic acids is 1. The summed E-state index contributed by atoms with van der Waals surface area (Å²) in [5, 5.41) is 0. The summed E-state index contributed by atoms with van der Waals surface area (Å²) in [7, 11) is 0. The molecule has 3 fully saturated rings. The zero-order chi connectivity index (χ0) is 24.2. The zero-order valence-electron chi connectivity index (χ0n) is 21.8. The molecule has 2 nitrogen and oxygen atoms in total. The second-order valence-electron chi connectivity index (χ2n) is 13.0. The van der Waals surface area contributed by atoms with Crippen LogP contribution in [0.5, 0.6) is 0 Å². The quantitative estimate of drug-likeness (QED) is 0.294. The Kier molecular flexibility index (Phi) is 6.82. The van der Waals surface area contributed by atoms with Crippen molar-refractivity contribution in [1.29, 1.82) is 0 Å². The van der Waals surface area contributed by atoms with Gasteiger partial charge in [-0.3, -0.25) is 4.79 Å². The van der Waals surface area contributed by atoms with Crippen molar-refractivity contribution in [2.45, 2.75) is 124 Å². The molecule has 4 aliphatic carbocycles. The van der Waals surface area contributed by atoms with Crippen LogP contribution in [0.3, 0.4) is 0 Å². The molecule has 0 aromatic carbocycles. The molecule has 0 aliphatic heterocycles. The van der Waals surface area contributed by atoms with E-state index in [2.05, 4.69) is 26.8 Å². The fourth-order valence-corrected chi connectivity index (χ4v) is 8.89. The van der Waals surface area contributed by atoms with Gasteiger partial charge in [-0.1, -0.05) is 32.4 Å². The Hall–Kier alpha value is -0.930. The molecular formula is C29H46F2O2. The van der Waals surface area contributed by atoms with E-state index in [0.29, 0.717) is 23.7 Å². The Morgan fingerprint density at radius 3 is 2.55 bits per heavy atom. The lowest BCUT2D eigenvalue weighted by Gasteiger charge is -2.58. The molecule has 188 valence electrons. The number of hydrogen-bond donors (Lipinski definition) is 0. The normalized spacial score (nSPS) is 42.4. The maximum Gasteiger partial charge on any atom is 0.302 e. The SMILES string of the molecule is CC(=O)OC1CC[C@@]2(C)C(=CCC3C2CC[C@@]2(C)C3CC[C@@H]2[C@H](C)CCC(F)C(C)(C)F)C1. The highest BCUT2D eigenvalue weighted by Crippen LogP contribution is 2.67. The lowest BCUT2D eigenvalue weighted by Crippen LogP contribution is -2.51. The summed E-state index contributed by atoms with van der Waals surface area (Å²) in [4.78, 5) is 11.5. The van der Waals surface area contributed by atoms with Gasteiger partial charge in [0.15, 0.2) is 0 Å². The van der Waals surface area contributed by atoms with Crippen LogP contribution in [0.1, 0.15) is 106 Å². The Bertz CT molecular complexity index is 770. The molecule has 0 bridgehead atoms. The molecule has 0 aromatic heterocycles. The van der Waals surface area contributed by atoms with E-state index >= 15 is 0 Å². The first-order valence-electron chi connectivity index (χ1n) is 13.6. The molecule has 4 heteroatoms. The Morgan fingerprint density at radius 2 is 1.88 bits per heavy atom. The molecule has 3 saturated carbocycles. The summed E-state index contributed by atoms with van der Waals surface area (Å²) < 4.78 is 33.9. The van der Waals surface area contributed by atoms with Crippen LogP contribution < -0.4 is 0 Å². The van der Waals surface area contributed by atoms with Gasteiger partial charge in [-0.05, 0) is 112 Å². The van der Waals surface area contributed by atoms with Crippen molar-refractivity contribution in [3.63, 3.8) is 0 Å². The lowest BCUT2D eigenvalue weighted by atomic mass is 9.47. The fourth-order valence-electron chi connectivity index (χ4n) is 8.89. The maximum absolute atomic E-state index is 14.3. The first-order chi connectivity index (χ1) is 15.4. The predicted octanol–water partition coefficient (Wildman–Crippen LogP) is 8.00. The van der Waals surface area contributed by atoms with Crippen LogP contribution >= 0.6 is 0 Å². The molecule has 9 atom stereocenters. The van der Waals surface area contributed by atoms with Gasteiger partial charge < -0.3 is 4.74 Å². The van der Waals surface area contributed by atoms with E-state index in [1.165, 1.54) is 52.0 Å². The summed E-state index contributed by atoms with van der Waals surface area (Å²) in [5.74, 6) is 3.11. The van der Waals surface area contributed by atoms with Crippen LogP contribution in [0.15, 0.2) is 11.6 Å². The standard InChI is InChI=1S/C29H46F2O2/c1-18(7-12-26(30)27(3,4)31)23-10-11-24-22-9-8-20-17-21(33-19(2)32)13-15-28(20,5)25(22)14-16-29(23,24)6/h8,18,21-26H,7,9-17H2,1-6H3/t18-,21?,22?,23-,24?,25?,26?,28+,29-/m1/s1. The number of carbonyl (C=O) groups is 1. The van der Waals surface area contributed by atoms with Crippen molar-refractivity contribution >= 4 is 5.97 Å². The van der Waals surface area contributed by atoms with Crippen LogP contribution in [0.25, 0.3) is 0 Å². The average molecular weight is 465 g/mol. The average Bonchev–Trinajstić information content (AvgIpc) is 3.08. The van der Waals surface area contributed by atoms with Crippen LogP contribution in [-0.4, -0.2) is 23.9 Å². The minimum Gasteiger partial charge on any atom is -0.462 e. The van der Waals surface area contributed by atoms with Crippen molar-refractivity contribution in [3.8, 4) is 0 Å². The topological polar surface area (TPSA) is 26.3 Å². The predicted molar refractivity (Wildman–Crippen MR) is 129 cm³/mol. The molecule has 0 heterocycles. The number of halogens is 2. The van der Waals surface area contributed by atoms with E-state index < -0.39 is 11.8 Å². The van der Waals surface area contributed by atoms with Crippen molar-refractivity contribution in [2.75, 3.05) is 0 Å². The highest BCUT2D eigenvalue weighted by Gasteiger charge is 2.59.